The Hall–Kier alpha value is -0.990. The molecule has 2 N–H and O–H groups in total. The summed E-state index contributed by atoms with van der Waals surface area (Å²) in [6.07, 6.45) is 0.790. The second kappa shape index (κ2) is 10.1. The minimum atomic E-state index is 0. The molecule has 0 bridgehead atoms. The first kappa shape index (κ1) is 21.1. The Kier molecular flexibility index (Phi) is 8.86. The van der Waals surface area contributed by atoms with Gasteiger partial charge in [-0.15, -0.1) is 24.0 Å². The van der Waals surface area contributed by atoms with Crippen LogP contribution < -0.4 is 10.6 Å². The number of rotatable bonds is 5. The lowest BCUT2D eigenvalue weighted by atomic mass is 10.1. The lowest BCUT2D eigenvalue weighted by Gasteiger charge is -2.11. The first-order valence-corrected chi connectivity index (χ1v) is 8.06. The molecule has 0 saturated heterocycles. The van der Waals surface area contributed by atoms with E-state index in [0.717, 1.165) is 23.4 Å². The van der Waals surface area contributed by atoms with Crippen molar-refractivity contribution in [2.24, 2.45) is 4.99 Å². The van der Waals surface area contributed by atoms with Gasteiger partial charge in [0.25, 0.3) is 0 Å². The zero-order valence-electron chi connectivity index (χ0n) is 13.8. The number of halogens is 3. The summed E-state index contributed by atoms with van der Waals surface area (Å²) in [6.45, 7) is 5.01. The van der Waals surface area contributed by atoms with E-state index in [0.29, 0.717) is 35.0 Å². The van der Waals surface area contributed by atoms with Crippen molar-refractivity contribution < 1.29 is 4.42 Å². The molecule has 0 saturated carbocycles. The molecule has 132 valence electrons. The third-order valence-corrected chi connectivity index (χ3v) is 3.77. The van der Waals surface area contributed by atoms with Crippen molar-refractivity contribution in [1.29, 1.82) is 0 Å². The SMILES string of the molecule is CN=C(NCCc1cc(Cl)cc(Cl)c1)NCc1nc(C)c(C)o1.I. The predicted molar refractivity (Wildman–Crippen MR) is 110 cm³/mol. The van der Waals surface area contributed by atoms with E-state index in [-0.39, 0.29) is 24.0 Å². The van der Waals surface area contributed by atoms with Gasteiger partial charge in [0.15, 0.2) is 5.96 Å². The summed E-state index contributed by atoms with van der Waals surface area (Å²) in [4.78, 5) is 8.49. The van der Waals surface area contributed by atoms with E-state index in [1.165, 1.54) is 0 Å². The Bertz CT molecular complexity index is 664. The Morgan fingerprint density at radius 2 is 1.83 bits per heavy atom. The molecule has 0 aliphatic rings. The van der Waals surface area contributed by atoms with Crippen LogP contribution >= 0.6 is 47.2 Å². The monoisotopic (exact) mass is 482 g/mol. The molecule has 24 heavy (non-hydrogen) atoms. The second-order valence-electron chi connectivity index (χ2n) is 5.13. The van der Waals surface area contributed by atoms with Crippen LogP contribution in [-0.4, -0.2) is 24.5 Å². The number of guanidine groups is 1. The molecule has 0 aliphatic heterocycles. The van der Waals surface area contributed by atoms with Gasteiger partial charge in [0.2, 0.25) is 5.89 Å². The van der Waals surface area contributed by atoms with Crippen LogP contribution in [-0.2, 0) is 13.0 Å². The lowest BCUT2D eigenvalue weighted by molar-refractivity contribution is 0.464. The smallest absolute Gasteiger partial charge is 0.214 e. The summed E-state index contributed by atoms with van der Waals surface area (Å²) in [6, 6.07) is 5.54. The largest absolute Gasteiger partial charge is 0.444 e. The van der Waals surface area contributed by atoms with Crippen molar-refractivity contribution in [3.63, 3.8) is 0 Å². The molecule has 2 aromatic rings. The molecule has 0 radical (unpaired) electrons. The molecule has 0 unspecified atom stereocenters. The van der Waals surface area contributed by atoms with Gasteiger partial charge in [-0.1, -0.05) is 23.2 Å². The molecule has 2 rings (SSSR count). The number of nitrogens with one attached hydrogen (secondary N) is 2. The van der Waals surface area contributed by atoms with Crippen molar-refractivity contribution in [2.75, 3.05) is 13.6 Å². The van der Waals surface area contributed by atoms with E-state index >= 15 is 0 Å². The minimum Gasteiger partial charge on any atom is -0.444 e. The van der Waals surface area contributed by atoms with Crippen molar-refractivity contribution in [1.82, 2.24) is 15.6 Å². The first-order chi connectivity index (χ1) is 11.0. The van der Waals surface area contributed by atoms with E-state index in [1.54, 1.807) is 13.1 Å². The Balaban J connectivity index is 0.00000288. The van der Waals surface area contributed by atoms with Crippen LogP contribution in [0.25, 0.3) is 0 Å². The van der Waals surface area contributed by atoms with E-state index < -0.39 is 0 Å². The average molecular weight is 483 g/mol. The van der Waals surface area contributed by atoms with E-state index in [2.05, 4.69) is 20.6 Å². The van der Waals surface area contributed by atoms with Crippen molar-refractivity contribution in [3.8, 4) is 0 Å². The van der Waals surface area contributed by atoms with Crippen molar-refractivity contribution in [3.05, 3.63) is 51.2 Å². The Morgan fingerprint density at radius 1 is 1.17 bits per heavy atom. The maximum Gasteiger partial charge on any atom is 0.214 e. The molecule has 0 spiro atoms. The molecule has 5 nitrogen and oxygen atoms in total. The van der Waals surface area contributed by atoms with Crippen LogP contribution in [0, 0.1) is 13.8 Å². The number of aryl methyl sites for hydroxylation is 2. The van der Waals surface area contributed by atoms with Gasteiger partial charge >= 0.3 is 0 Å². The standard InChI is InChI=1S/C16H20Cl2N4O.HI/c1-10-11(2)23-15(22-10)9-21-16(19-3)20-5-4-12-6-13(17)8-14(18)7-12;/h6-8H,4-5,9H2,1-3H3,(H2,19,20,21);1H. The lowest BCUT2D eigenvalue weighted by Crippen LogP contribution is -2.37. The summed E-state index contributed by atoms with van der Waals surface area (Å²) < 4.78 is 5.52. The van der Waals surface area contributed by atoms with E-state index in [4.69, 9.17) is 27.6 Å². The van der Waals surface area contributed by atoms with Gasteiger partial charge in [0.05, 0.1) is 12.2 Å². The minimum absolute atomic E-state index is 0. The fourth-order valence-electron chi connectivity index (χ4n) is 2.08. The highest BCUT2D eigenvalue weighted by Crippen LogP contribution is 2.19. The predicted octanol–water partition coefficient (Wildman–Crippen LogP) is 4.12. The number of hydrogen-bond acceptors (Lipinski definition) is 3. The zero-order valence-corrected chi connectivity index (χ0v) is 17.7. The number of nitrogens with zero attached hydrogens (tertiary/aromatic N) is 2. The average Bonchev–Trinajstić information content (AvgIpc) is 2.80. The molecule has 0 fully saturated rings. The summed E-state index contributed by atoms with van der Waals surface area (Å²) in [5.41, 5.74) is 1.98. The van der Waals surface area contributed by atoms with Crippen LogP contribution in [0.2, 0.25) is 10.0 Å². The Morgan fingerprint density at radius 3 is 2.38 bits per heavy atom. The maximum absolute atomic E-state index is 5.99. The summed E-state index contributed by atoms with van der Waals surface area (Å²) >= 11 is 12.0. The third-order valence-electron chi connectivity index (χ3n) is 3.33. The first-order valence-electron chi connectivity index (χ1n) is 7.30. The number of aliphatic imine (C=N–C) groups is 1. The normalized spacial score (nSPS) is 11.1. The van der Waals surface area contributed by atoms with Crippen LogP contribution in [0.1, 0.15) is 22.9 Å². The molecule has 0 amide bonds. The topological polar surface area (TPSA) is 62.5 Å². The summed E-state index contributed by atoms with van der Waals surface area (Å²) in [5, 5.41) is 7.68. The van der Waals surface area contributed by atoms with E-state index in [1.807, 2.05) is 26.0 Å². The molecule has 8 heteroatoms. The van der Waals surface area contributed by atoms with Gasteiger partial charge in [0.1, 0.15) is 5.76 Å². The molecule has 1 aromatic carbocycles. The highest BCUT2D eigenvalue weighted by Gasteiger charge is 2.06. The van der Waals surface area contributed by atoms with Gasteiger partial charge in [0, 0.05) is 23.6 Å². The number of benzene rings is 1. The summed E-state index contributed by atoms with van der Waals surface area (Å²) in [5.74, 6) is 2.17. The molecule has 0 aliphatic carbocycles. The fraction of sp³-hybridized carbons (Fsp3) is 0.375. The highest BCUT2D eigenvalue weighted by molar-refractivity contribution is 14.0. The van der Waals surface area contributed by atoms with Crippen LogP contribution in [0.5, 0.6) is 0 Å². The highest BCUT2D eigenvalue weighted by atomic mass is 127. The maximum atomic E-state index is 5.99. The molecular formula is C16H21Cl2IN4O. The number of oxazole rings is 1. The third kappa shape index (κ3) is 6.49. The number of aromatic nitrogens is 1. The van der Waals surface area contributed by atoms with Gasteiger partial charge in [-0.3, -0.25) is 4.99 Å². The van der Waals surface area contributed by atoms with Gasteiger partial charge in [-0.2, -0.15) is 0 Å². The van der Waals surface area contributed by atoms with Crippen LogP contribution in [0.3, 0.4) is 0 Å². The molecule has 1 aromatic heterocycles. The quantitative estimate of drug-likeness (QED) is 0.382. The molecule has 0 atom stereocenters. The fourth-order valence-corrected chi connectivity index (χ4v) is 2.65. The second-order valence-corrected chi connectivity index (χ2v) is 6.00. The number of hydrogen-bond donors (Lipinski definition) is 2. The van der Waals surface area contributed by atoms with E-state index in [9.17, 15) is 0 Å². The van der Waals surface area contributed by atoms with Crippen LogP contribution in [0.4, 0.5) is 0 Å². The Labute approximate surface area is 169 Å². The molecular weight excluding hydrogens is 462 g/mol. The van der Waals surface area contributed by atoms with Gasteiger partial charge < -0.3 is 15.1 Å². The van der Waals surface area contributed by atoms with Crippen molar-refractivity contribution in [2.45, 2.75) is 26.8 Å². The zero-order chi connectivity index (χ0) is 16.8. The van der Waals surface area contributed by atoms with Crippen molar-refractivity contribution >= 4 is 53.1 Å². The molecule has 1 heterocycles. The van der Waals surface area contributed by atoms with Gasteiger partial charge in [-0.25, -0.2) is 4.98 Å². The summed E-state index contributed by atoms with van der Waals surface area (Å²) in [7, 11) is 1.72. The van der Waals surface area contributed by atoms with Crippen LogP contribution in [0.15, 0.2) is 27.6 Å². The van der Waals surface area contributed by atoms with Gasteiger partial charge in [-0.05, 0) is 44.0 Å².